The van der Waals surface area contributed by atoms with Crippen molar-refractivity contribution in [1.82, 2.24) is 4.98 Å². The third-order valence-corrected chi connectivity index (χ3v) is 3.09. The van der Waals surface area contributed by atoms with Crippen molar-refractivity contribution in [3.63, 3.8) is 0 Å². The molecule has 0 radical (unpaired) electrons. The zero-order chi connectivity index (χ0) is 13.8. The summed E-state index contributed by atoms with van der Waals surface area (Å²) in [5.41, 5.74) is 2.93. The Morgan fingerprint density at radius 1 is 1.25 bits per heavy atom. The lowest BCUT2D eigenvalue weighted by molar-refractivity contribution is -0.111. The topological polar surface area (TPSA) is 51.2 Å². The van der Waals surface area contributed by atoms with Gasteiger partial charge in [-0.2, -0.15) is 0 Å². The van der Waals surface area contributed by atoms with E-state index in [2.05, 4.69) is 16.4 Å². The van der Waals surface area contributed by atoms with Crippen molar-refractivity contribution in [3.8, 4) is 5.75 Å². The average Bonchev–Trinajstić information content (AvgIpc) is 2.93. The van der Waals surface area contributed by atoms with Crippen LogP contribution in [0.4, 0.5) is 5.69 Å². The fourth-order valence-corrected chi connectivity index (χ4v) is 2.10. The smallest absolute Gasteiger partial charge is 0.248 e. The second-order valence-electron chi connectivity index (χ2n) is 4.52. The predicted molar refractivity (Wildman–Crippen MR) is 77.5 cm³/mol. The van der Waals surface area contributed by atoms with Crippen molar-refractivity contribution in [2.24, 2.45) is 0 Å². The first-order valence-corrected chi connectivity index (χ1v) is 6.46. The fourth-order valence-electron chi connectivity index (χ4n) is 2.10. The summed E-state index contributed by atoms with van der Waals surface area (Å²) in [6.45, 7) is 0.741. The number of ether oxygens (including phenoxy) is 1. The van der Waals surface area contributed by atoms with Gasteiger partial charge in [-0.1, -0.05) is 6.07 Å². The first kappa shape index (κ1) is 12.4. The van der Waals surface area contributed by atoms with E-state index in [9.17, 15) is 4.79 Å². The molecule has 0 unspecified atom stereocenters. The largest absolute Gasteiger partial charge is 0.493 e. The molecule has 0 atom stereocenters. The van der Waals surface area contributed by atoms with Gasteiger partial charge in [0.05, 0.1) is 6.61 Å². The highest BCUT2D eigenvalue weighted by Gasteiger charge is 2.11. The number of pyridine rings is 1. The second kappa shape index (κ2) is 5.57. The fraction of sp³-hybridized carbons (Fsp3) is 0.125. The molecule has 3 rings (SSSR count). The molecule has 2 heterocycles. The van der Waals surface area contributed by atoms with E-state index >= 15 is 0 Å². The molecule has 1 N–H and O–H groups in total. The molecule has 20 heavy (non-hydrogen) atoms. The number of benzene rings is 1. The number of carbonyl (C=O) groups is 1. The molecule has 1 aliphatic heterocycles. The molecule has 0 bridgehead atoms. The van der Waals surface area contributed by atoms with E-state index < -0.39 is 0 Å². The number of aromatic nitrogens is 1. The molecule has 2 aromatic rings. The lowest BCUT2D eigenvalue weighted by Crippen LogP contribution is -2.07. The van der Waals surface area contributed by atoms with Crippen molar-refractivity contribution in [2.75, 3.05) is 11.9 Å². The highest BCUT2D eigenvalue weighted by Crippen LogP contribution is 2.26. The second-order valence-corrected chi connectivity index (χ2v) is 4.52. The van der Waals surface area contributed by atoms with E-state index in [0.29, 0.717) is 0 Å². The van der Waals surface area contributed by atoms with E-state index in [1.807, 2.05) is 12.1 Å². The molecular formula is C16H14N2O2. The Labute approximate surface area is 117 Å². The van der Waals surface area contributed by atoms with Gasteiger partial charge >= 0.3 is 0 Å². The summed E-state index contributed by atoms with van der Waals surface area (Å²) in [6.07, 6.45) is 7.53. The Kier molecular flexibility index (Phi) is 3.46. The quantitative estimate of drug-likeness (QED) is 0.869. The lowest BCUT2D eigenvalue weighted by atomic mass is 10.1. The minimum Gasteiger partial charge on any atom is -0.493 e. The predicted octanol–water partition coefficient (Wildman–Crippen LogP) is 2.67. The Balaban J connectivity index is 1.66. The highest BCUT2D eigenvalue weighted by atomic mass is 16.5. The SMILES string of the molecule is O=C(/C=C/c1ccc2c(c1)CCO2)Nc1ccncc1. The summed E-state index contributed by atoms with van der Waals surface area (Å²) in [5.74, 6) is 0.788. The number of rotatable bonds is 3. The van der Waals surface area contributed by atoms with Gasteiger partial charge in [0.15, 0.2) is 0 Å². The van der Waals surface area contributed by atoms with E-state index in [-0.39, 0.29) is 5.91 Å². The molecule has 0 aliphatic carbocycles. The Morgan fingerprint density at radius 2 is 2.10 bits per heavy atom. The summed E-state index contributed by atoms with van der Waals surface area (Å²) < 4.78 is 5.45. The zero-order valence-corrected chi connectivity index (χ0v) is 10.9. The molecule has 4 nitrogen and oxygen atoms in total. The van der Waals surface area contributed by atoms with Gasteiger partial charge in [0.2, 0.25) is 5.91 Å². The maximum atomic E-state index is 11.8. The van der Waals surface area contributed by atoms with Crippen molar-refractivity contribution >= 4 is 17.7 Å². The summed E-state index contributed by atoms with van der Waals surface area (Å²) in [6, 6.07) is 9.44. The Bertz CT molecular complexity index is 651. The third kappa shape index (κ3) is 2.85. The van der Waals surface area contributed by atoms with Crippen LogP contribution in [-0.4, -0.2) is 17.5 Å². The van der Waals surface area contributed by atoms with Crippen LogP contribution >= 0.6 is 0 Å². The molecule has 0 spiro atoms. The summed E-state index contributed by atoms with van der Waals surface area (Å²) in [7, 11) is 0. The molecule has 1 aliphatic rings. The van der Waals surface area contributed by atoms with Crippen LogP contribution in [0.3, 0.4) is 0 Å². The first-order valence-electron chi connectivity index (χ1n) is 6.46. The minimum absolute atomic E-state index is 0.159. The lowest BCUT2D eigenvalue weighted by Gasteiger charge is -2.01. The van der Waals surface area contributed by atoms with Crippen LogP contribution in [-0.2, 0) is 11.2 Å². The van der Waals surface area contributed by atoms with Gasteiger partial charge in [-0.25, -0.2) is 0 Å². The molecule has 0 saturated carbocycles. The van der Waals surface area contributed by atoms with Gasteiger partial charge in [0.25, 0.3) is 0 Å². The van der Waals surface area contributed by atoms with Gasteiger partial charge in [0, 0.05) is 30.6 Å². The monoisotopic (exact) mass is 266 g/mol. The molecule has 1 amide bonds. The summed E-state index contributed by atoms with van der Waals surface area (Å²) >= 11 is 0. The number of nitrogens with one attached hydrogen (secondary N) is 1. The highest BCUT2D eigenvalue weighted by molar-refractivity contribution is 6.01. The number of fused-ring (bicyclic) bond motifs is 1. The molecule has 1 aromatic heterocycles. The van der Waals surface area contributed by atoms with E-state index in [4.69, 9.17) is 4.74 Å². The maximum absolute atomic E-state index is 11.8. The van der Waals surface area contributed by atoms with Crippen LogP contribution in [0.1, 0.15) is 11.1 Å². The van der Waals surface area contributed by atoms with E-state index in [1.54, 1.807) is 30.6 Å². The van der Waals surface area contributed by atoms with Gasteiger partial charge in [-0.15, -0.1) is 0 Å². The van der Waals surface area contributed by atoms with E-state index in [1.165, 1.54) is 11.6 Å². The molecule has 4 heteroatoms. The number of hydrogen-bond acceptors (Lipinski definition) is 3. The van der Waals surface area contributed by atoms with Crippen LogP contribution < -0.4 is 10.1 Å². The molecule has 1 aromatic carbocycles. The number of hydrogen-bond donors (Lipinski definition) is 1. The van der Waals surface area contributed by atoms with E-state index in [0.717, 1.165) is 30.0 Å². The molecule has 0 fully saturated rings. The zero-order valence-electron chi connectivity index (χ0n) is 10.9. The van der Waals surface area contributed by atoms with Crippen LogP contribution in [0.15, 0.2) is 48.8 Å². The van der Waals surface area contributed by atoms with Gasteiger partial charge in [0.1, 0.15) is 5.75 Å². The average molecular weight is 266 g/mol. The van der Waals surface area contributed by atoms with Crippen LogP contribution in [0.2, 0.25) is 0 Å². The summed E-state index contributed by atoms with van der Waals surface area (Å²) in [4.78, 5) is 15.7. The maximum Gasteiger partial charge on any atom is 0.248 e. The standard InChI is InChI=1S/C16H14N2O2/c19-16(18-14-5-8-17-9-6-14)4-2-12-1-3-15-13(11-12)7-10-20-15/h1-6,8-9,11H,7,10H2,(H,17,18,19)/b4-2+. The van der Waals surface area contributed by atoms with Crippen LogP contribution in [0.25, 0.3) is 6.08 Å². The number of amides is 1. The van der Waals surface area contributed by atoms with Crippen LogP contribution in [0.5, 0.6) is 5.75 Å². The Hall–Kier alpha value is -2.62. The van der Waals surface area contributed by atoms with Gasteiger partial charge in [-0.05, 0) is 41.5 Å². The summed E-state index contributed by atoms with van der Waals surface area (Å²) in [5, 5.41) is 2.77. The Morgan fingerprint density at radius 3 is 2.95 bits per heavy atom. The van der Waals surface area contributed by atoms with Crippen LogP contribution in [0, 0.1) is 0 Å². The van der Waals surface area contributed by atoms with Crippen molar-refractivity contribution < 1.29 is 9.53 Å². The minimum atomic E-state index is -0.159. The van der Waals surface area contributed by atoms with Gasteiger partial charge < -0.3 is 10.1 Å². The number of anilines is 1. The first-order chi connectivity index (χ1) is 9.81. The molecule has 0 saturated heterocycles. The number of carbonyl (C=O) groups excluding carboxylic acids is 1. The third-order valence-electron chi connectivity index (χ3n) is 3.09. The normalized spacial score (nSPS) is 13.0. The molecule has 100 valence electrons. The van der Waals surface area contributed by atoms with Crippen molar-refractivity contribution in [3.05, 3.63) is 59.9 Å². The van der Waals surface area contributed by atoms with Crippen molar-refractivity contribution in [1.29, 1.82) is 0 Å². The number of nitrogens with zero attached hydrogens (tertiary/aromatic N) is 1. The van der Waals surface area contributed by atoms with Crippen molar-refractivity contribution in [2.45, 2.75) is 6.42 Å². The van der Waals surface area contributed by atoms with Gasteiger partial charge in [-0.3, -0.25) is 9.78 Å². The molecular weight excluding hydrogens is 252 g/mol.